The van der Waals surface area contributed by atoms with E-state index in [-0.39, 0.29) is 29.3 Å². The number of aliphatic hydroxyl groups is 3. The lowest BCUT2D eigenvalue weighted by Crippen LogP contribution is -2.33. The Hall–Kier alpha value is -2.64. The number of sulfonamides is 1. The lowest BCUT2D eigenvalue weighted by Gasteiger charge is -2.27. The molecule has 0 unspecified atom stereocenters. The van der Waals surface area contributed by atoms with Crippen molar-refractivity contribution < 1.29 is 23.7 Å². The topological polar surface area (TPSA) is 181 Å². The van der Waals surface area contributed by atoms with Gasteiger partial charge in [0, 0.05) is 30.9 Å². The van der Waals surface area contributed by atoms with Crippen LogP contribution in [0.15, 0.2) is 35.4 Å². The molecule has 0 saturated heterocycles. The number of rotatable bonds is 13. The lowest BCUT2D eigenvalue weighted by atomic mass is 9.93. The van der Waals surface area contributed by atoms with Gasteiger partial charge in [0.25, 0.3) is 0 Å². The second-order valence-corrected chi connectivity index (χ2v) is 10.7. The molecule has 12 heteroatoms. The number of aliphatic hydroxyl groups excluding tert-OH is 3. The van der Waals surface area contributed by atoms with Gasteiger partial charge >= 0.3 is 0 Å². The zero-order valence-electron chi connectivity index (χ0n) is 20.4. The van der Waals surface area contributed by atoms with Crippen LogP contribution in [0.5, 0.6) is 0 Å². The average molecular weight is 521 g/mol. The fourth-order valence-corrected chi connectivity index (χ4v) is 4.93. The molecular formula is C24H36N6O5S. The van der Waals surface area contributed by atoms with Crippen molar-refractivity contribution in [2.24, 2.45) is 0 Å². The highest BCUT2D eigenvalue weighted by Gasteiger charge is 2.23. The monoisotopic (exact) mass is 520 g/mol. The third kappa shape index (κ3) is 7.68. The minimum atomic E-state index is -3.88. The maximum absolute atomic E-state index is 12.4. The number of unbranched alkanes of at least 4 members (excludes halogenated alkanes) is 1. The van der Waals surface area contributed by atoms with E-state index in [0.717, 1.165) is 32.2 Å². The van der Waals surface area contributed by atoms with Crippen LogP contribution in [0.4, 0.5) is 11.8 Å². The summed E-state index contributed by atoms with van der Waals surface area (Å²) in [5, 5.41) is 43.5. The predicted molar refractivity (Wildman–Crippen MR) is 138 cm³/mol. The smallest absolute Gasteiger partial charge is 0.240 e. The van der Waals surface area contributed by atoms with E-state index in [9.17, 15) is 18.6 Å². The molecule has 3 rings (SSSR count). The first kappa shape index (κ1) is 27.9. The molecular weight excluding hydrogens is 484 g/mol. The molecule has 1 aromatic heterocycles. The fourth-order valence-electron chi connectivity index (χ4n) is 3.86. The number of nitrogens with one attached hydrogen (secondary N) is 4. The molecule has 0 radical (unpaired) electrons. The average Bonchev–Trinajstić information content (AvgIpc) is 2.88. The van der Waals surface area contributed by atoms with Crippen LogP contribution in [-0.4, -0.2) is 77.4 Å². The van der Waals surface area contributed by atoms with Gasteiger partial charge in [0.15, 0.2) is 0 Å². The molecule has 1 atom stereocenters. The van der Waals surface area contributed by atoms with Crippen LogP contribution < -0.4 is 15.4 Å². The number of nitrogens with zero attached hydrogens (tertiary/aromatic N) is 2. The van der Waals surface area contributed by atoms with E-state index < -0.39 is 22.7 Å². The fraction of sp³-hybridized carbons (Fsp3) is 0.542. The van der Waals surface area contributed by atoms with Crippen molar-refractivity contribution in [2.75, 3.05) is 30.3 Å². The minimum Gasteiger partial charge on any atom is -0.394 e. The zero-order valence-corrected chi connectivity index (χ0v) is 21.3. The Morgan fingerprint density at radius 3 is 2.53 bits per heavy atom. The van der Waals surface area contributed by atoms with Gasteiger partial charge in [-0.2, -0.15) is 4.98 Å². The van der Waals surface area contributed by atoms with Gasteiger partial charge in [-0.25, -0.2) is 18.1 Å². The van der Waals surface area contributed by atoms with Gasteiger partial charge in [-0.1, -0.05) is 25.5 Å². The van der Waals surface area contributed by atoms with Crippen LogP contribution in [0, 0.1) is 5.41 Å². The molecule has 1 aliphatic carbocycles. The van der Waals surface area contributed by atoms with Crippen molar-refractivity contribution in [2.45, 2.75) is 68.6 Å². The maximum Gasteiger partial charge on any atom is 0.240 e. The molecule has 1 fully saturated rings. The standard InChI is InChI=1S/C24H36N6O5S/c1-2-3-12-26-24-27-14-21(23(30-24)29-17-6-8-18(32)9-7-17)22(25)16-4-10-20(11-5-16)36(34,35)28-13-19(33)15-31/h4-5,10-11,14,17-19,25,28,31-33H,2-3,6-9,12-13,15H2,1H3,(H2,26,27,29,30)/t17?,18?,19-/m1/s1. The van der Waals surface area contributed by atoms with E-state index in [2.05, 4.69) is 32.2 Å². The van der Waals surface area contributed by atoms with Crippen molar-refractivity contribution >= 4 is 27.5 Å². The van der Waals surface area contributed by atoms with E-state index in [1.165, 1.54) is 24.3 Å². The van der Waals surface area contributed by atoms with Gasteiger partial charge in [0.2, 0.25) is 16.0 Å². The van der Waals surface area contributed by atoms with Crippen LogP contribution in [-0.2, 0) is 10.0 Å². The summed E-state index contributed by atoms with van der Waals surface area (Å²) in [6.45, 7) is 1.98. The quantitative estimate of drug-likeness (QED) is 0.152. The van der Waals surface area contributed by atoms with Crippen molar-refractivity contribution in [1.29, 1.82) is 5.41 Å². The molecule has 0 aliphatic heterocycles. The van der Waals surface area contributed by atoms with Crippen molar-refractivity contribution in [3.63, 3.8) is 0 Å². The zero-order chi connectivity index (χ0) is 26.1. The van der Waals surface area contributed by atoms with Crippen LogP contribution >= 0.6 is 0 Å². The highest BCUT2D eigenvalue weighted by molar-refractivity contribution is 7.89. The summed E-state index contributed by atoms with van der Waals surface area (Å²) in [4.78, 5) is 8.98. The highest BCUT2D eigenvalue weighted by atomic mass is 32.2. The van der Waals surface area contributed by atoms with E-state index >= 15 is 0 Å². The Bertz CT molecular complexity index is 1100. The molecule has 11 nitrogen and oxygen atoms in total. The molecule has 198 valence electrons. The highest BCUT2D eigenvalue weighted by Crippen LogP contribution is 2.25. The van der Waals surface area contributed by atoms with E-state index in [4.69, 9.17) is 10.5 Å². The number of hydrogen-bond acceptors (Lipinski definition) is 10. The lowest BCUT2D eigenvalue weighted by molar-refractivity contribution is 0.0988. The molecule has 36 heavy (non-hydrogen) atoms. The molecule has 0 spiro atoms. The summed E-state index contributed by atoms with van der Waals surface area (Å²) < 4.78 is 27.1. The summed E-state index contributed by atoms with van der Waals surface area (Å²) in [6, 6.07) is 5.95. The second kappa shape index (κ2) is 13.1. The molecule has 7 N–H and O–H groups in total. The van der Waals surface area contributed by atoms with E-state index in [1.54, 1.807) is 6.20 Å². The second-order valence-electron chi connectivity index (χ2n) is 8.97. The first-order valence-corrected chi connectivity index (χ1v) is 13.7. The van der Waals surface area contributed by atoms with Crippen molar-refractivity contribution in [3.8, 4) is 0 Å². The molecule has 1 aliphatic rings. The molecule has 1 heterocycles. The number of benzene rings is 1. The van der Waals surface area contributed by atoms with Gasteiger partial charge in [-0.3, -0.25) is 5.41 Å². The van der Waals surface area contributed by atoms with Gasteiger partial charge in [-0.05, 0) is 44.2 Å². The number of anilines is 2. The summed E-state index contributed by atoms with van der Waals surface area (Å²) in [7, 11) is -3.88. The molecule has 1 aromatic carbocycles. The SMILES string of the molecule is CCCCNc1ncc(C(=N)c2ccc(S(=O)(=O)NC[C@@H](O)CO)cc2)c(NC2CCC(O)CC2)n1. The molecule has 2 aromatic rings. The van der Waals surface area contributed by atoms with Gasteiger partial charge < -0.3 is 26.0 Å². The number of hydrogen-bond donors (Lipinski definition) is 7. The third-order valence-electron chi connectivity index (χ3n) is 6.08. The van der Waals surface area contributed by atoms with Crippen molar-refractivity contribution in [1.82, 2.24) is 14.7 Å². The summed E-state index contributed by atoms with van der Waals surface area (Å²) in [5.41, 5.74) is 1.12. The van der Waals surface area contributed by atoms with Gasteiger partial charge in [-0.15, -0.1) is 0 Å². The van der Waals surface area contributed by atoms with Crippen molar-refractivity contribution in [3.05, 3.63) is 41.6 Å². The van der Waals surface area contributed by atoms with E-state index in [0.29, 0.717) is 35.7 Å². The third-order valence-corrected chi connectivity index (χ3v) is 7.52. The van der Waals surface area contributed by atoms with Gasteiger partial charge in [0.05, 0.1) is 35.0 Å². The molecule has 0 amide bonds. The van der Waals surface area contributed by atoms with Crippen LogP contribution in [0.3, 0.4) is 0 Å². The molecule has 0 bridgehead atoms. The summed E-state index contributed by atoms with van der Waals surface area (Å²) >= 11 is 0. The number of aromatic nitrogens is 2. The van der Waals surface area contributed by atoms with Gasteiger partial charge in [0.1, 0.15) is 5.82 Å². The van der Waals surface area contributed by atoms with E-state index in [1.807, 2.05) is 0 Å². The Kier molecular flexibility index (Phi) is 10.1. The summed E-state index contributed by atoms with van der Waals surface area (Å²) in [6.07, 6.45) is 5.13. The predicted octanol–water partition coefficient (Wildman–Crippen LogP) is 1.45. The molecule has 1 saturated carbocycles. The summed E-state index contributed by atoms with van der Waals surface area (Å²) in [5.74, 6) is 0.989. The first-order valence-electron chi connectivity index (χ1n) is 12.3. The van der Waals surface area contributed by atoms with Crippen LogP contribution in [0.1, 0.15) is 56.6 Å². The Labute approximate surface area is 212 Å². The Morgan fingerprint density at radius 1 is 1.19 bits per heavy atom. The normalized spacial score (nSPS) is 19.0. The first-order chi connectivity index (χ1) is 17.2. The van der Waals surface area contributed by atoms with Crippen LogP contribution in [0.25, 0.3) is 0 Å². The maximum atomic E-state index is 12.4. The largest absolute Gasteiger partial charge is 0.394 e. The minimum absolute atomic E-state index is 0.0185. The van der Waals surface area contributed by atoms with Crippen LogP contribution in [0.2, 0.25) is 0 Å². The Morgan fingerprint density at radius 2 is 1.89 bits per heavy atom. The Balaban J connectivity index is 1.81.